The van der Waals surface area contributed by atoms with E-state index < -0.39 is 0 Å². The van der Waals surface area contributed by atoms with Crippen molar-refractivity contribution in [3.05, 3.63) is 54.6 Å². The van der Waals surface area contributed by atoms with Gasteiger partial charge in [0.2, 0.25) is 0 Å². The van der Waals surface area contributed by atoms with E-state index in [1.165, 1.54) is 4.90 Å². The number of allylic oxidation sites excluding steroid dienone is 1. The third-order valence-electron chi connectivity index (χ3n) is 2.17. The van der Waals surface area contributed by atoms with Crippen LogP contribution in [0.2, 0.25) is 0 Å². The zero-order chi connectivity index (χ0) is 12.5. The van der Waals surface area contributed by atoms with E-state index in [-0.39, 0.29) is 0 Å². The molecule has 0 atom stereocenters. The molecule has 0 saturated heterocycles. The van der Waals surface area contributed by atoms with Gasteiger partial charge in [0.25, 0.3) is 0 Å². The number of thioether (sulfide) groups is 1. The monoisotopic (exact) mass is 265 g/mol. The van der Waals surface area contributed by atoms with E-state index in [1.807, 2.05) is 24.8 Å². The topological polar surface area (TPSA) is 12.0 Å². The Morgan fingerprint density at radius 3 is 2.59 bits per heavy atom. The first kappa shape index (κ1) is 14.4. The smallest absolute Gasteiger partial charge is 0.0326 e. The van der Waals surface area contributed by atoms with Gasteiger partial charge in [-0.25, -0.2) is 0 Å². The molecule has 0 amide bonds. The number of rotatable bonds is 8. The van der Waals surface area contributed by atoms with E-state index in [4.69, 9.17) is 0 Å². The second-order valence-electron chi connectivity index (χ2n) is 3.73. The predicted octanol–water partition coefficient (Wildman–Crippen LogP) is 4.15. The van der Waals surface area contributed by atoms with Crippen LogP contribution in [0.25, 0.3) is 0 Å². The van der Waals surface area contributed by atoms with Gasteiger partial charge in [-0.1, -0.05) is 48.9 Å². The largest absolute Gasteiger partial charge is 0.263 e. The van der Waals surface area contributed by atoms with Crippen LogP contribution in [0, 0.1) is 0 Å². The van der Waals surface area contributed by atoms with Crippen LogP contribution < -0.4 is 4.72 Å². The molecule has 0 aliphatic carbocycles. The van der Waals surface area contributed by atoms with Crippen LogP contribution in [0.4, 0.5) is 0 Å². The molecular formula is C14H19NS2. The lowest BCUT2D eigenvalue weighted by Gasteiger charge is -2.06. The first-order valence-corrected chi connectivity index (χ1v) is 7.53. The molecular weight excluding hydrogens is 246 g/mol. The Morgan fingerprint density at radius 2 is 1.94 bits per heavy atom. The summed E-state index contributed by atoms with van der Waals surface area (Å²) in [6, 6.07) is 10.5. The Hall–Kier alpha value is -0.640. The van der Waals surface area contributed by atoms with E-state index in [2.05, 4.69) is 42.1 Å². The minimum absolute atomic E-state index is 0.908. The van der Waals surface area contributed by atoms with Crippen LogP contribution in [0.3, 0.4) is 0 Å². The Balaban J connectivity index is 2.02. The van der Waals surface area contributed by atoms with Crippen molar-refractivity contribution in [3.8, 4) is 0 Å². The molecule has 92 valence electrons. The van der Waals surface area contributed by atoms with Gasteiger partial charge < -0.3 is 0 Å². The van der Waals surface area contributed by atoms with Gasteiger partial charge in [-0.05, 0) is 24.6 Å². The fourth-order valence-electron chi connectivity index (χ4n) is 1.06. The zero-order valence-electron chi connectivity index (χ0n) is 10.2. The fourth-order valence-corrected chi connectivity index (χ4v) is 2.75. The van der Waals surface area contributed by atoms with E-state index >= 15 is 0 Å². The minimum atomic E-state index is 0.908. The van der Waals surface area contributed by atoms with Gasteiger partial charge in [-0.3, -0.25) is 4.72 Å². The molecule has 3 heteroatoms. The van der Waals surface area contributed by atoms with E-state index in [9.17, 15) is 0 Å². The van der Waals surface area contributed by atoms with Crippen LogP contribution in [0.15, 0.2) is 59.5 Å². The lowest BCUT2D eigenvalue weighted by Crippen LogP contribution is -2.09. The van der Waals surface area contributed by atoms with Crippen molar-refractivity contribution in [2.75, 3.05) is 18.1 Å². The lowest BCUT2D eigenvalue weighted by atomic mass is 10.2. The van der Waals surface area contributed by atoms with Crippen molar-refractivity contribution in [1.29, 1.82) is 0 Å². The fraction of sp³-hybridized carbons (Fsp3) is 0.286. The zero-order valence-corrected chi connectivity index (χ0v) is 11.9. The molecule has 1 aromatic rings. The molecule has 1 nitrogen and oxygen atoms in total. The molecule has 17 heavy (non-hydrogen) atoms. The summed E-state index contributed by atoms with van der Waals surface area (Å²) in [6.07, 6.45) is 0. The molecule has 0 aromatic heterocycles. The number of benzene rings is 1. The Morgan fingerprint density at radius 1 is 1.24 bits per heavy atom. The molecule has 0 fully saturated rings. The summed E-state index contributed by atoms with van der Waals surface area (Å²) < 4.78 is 3.34. The highest BCUT2D eigenvalue weighted by molar-refractivity contribution is 7.99. The third kappa shape index (κ3) is 6.61. The summed E-state index contributed by atoms with van der Waals surface area (Å²) in [5.74, 6) is 1.99. The maximum atomic E-state index is 3.95. The summed E-state index contributed by atoms with van der Waals surface area (Å²) in [5, 5.41) is 0. The van der Waals surface area contributed by atoms with Gasteiger partial charge in [0.05, 0.1) is 0 Å². The van der Waals surface area contributed by atoms with Crippen LogP contribution in [0.5, 0.6) is 0 Å². The van der Waals surface area contributed by atoms with Gasteiger partial charge in [0, 0.05) is 22.9 Å². The van der Waals surface area contributed by atoms with E-state index in [0.29, 0.717) is 0 Å². The SMILES string of the molecule is C=C(C)C(=C)CSNCCSc1ccccc1. The highest BCUT2D eigenvalue weighted by Gasteiger charge is 1.96. The summed E-state index contributed by atoms with van der Waals surface area (Å²) in [5.41, 5.74) is 2.18. The maximum Gasteiger partial charge on any atom is 0.0326 e. The summed E-state index contributed by atoms with van der Waals surface area (Å²) in [7, 11) is 0. The first-order valence-electron chi connectivity index (χ1n) is 5.56. The molecule has 0 spiro atoms. The first-order chi connectivity index (χ1) is 8.20. The Kier molecular flexibility index (Phi) is 7.17. The average molecular weight is 265 g/mol. The Labute approximate surface area is 113 Å². The molecule has 1 N–H and O–H groups in total. The summed E-state index contributed by atoms with van der Waals surface area (Å²) in [6.45, 7) is 10.8. The maximum absolute atomic E-state index is 3.95. The van der Waals surface area contributed by atoms with Crippen LogP contribution in [-0.2, 0) is 0 Å². The molecule has 0 heterocycles. The highest BCUT2D eigenvalue weighted by Crippen LogP contribution is 2.16. The lowest BCUT2D eigenvalue weighted by molar-refractivity contribution is 1.05. The Bertz CT molecular complexity index is 360. The van der Waals surface area contributed by atoms with Gasteiger partial charge >= 0.3 is 0 Å². The van der Waals surface area contributed by atoms with Gasteiger partial charge in [-0.2, -0.15) is 0 Å². The van der Waals surface area contributed by atoms with E-state index in [1.54, 1.807) is 11.9 Å². The molecule has 1 rings (SSSR count). The average Bonchev–Trinajstić information content (AvgIpc) is 2.34. The van der Waals surface area contributed by atoms with Crippen LogP contribution in [-0.4, -0.2) is 18.1 Å². The number of hydrogen-bond acceptors (Lipinski definition) is 3. The van der Waals surface area contributed by atoms with Gasteiger partial charge in [0.15, 0.2) is 0 Å². The van der Waals surface area contributed by atoms with Crippen molar-refractivity contribution in [3.63, 3.8) is 0 Å². The van der Waals surface area contributed by atoms with Crippen molar-refractivity contribution in [1.82, 2.24) is 4.72 Å². The number of hydrogen-bond donors (Lipinski definition) is 1. The molecule has 0 aliphatic rings. The minimum Gasteiger partial charge on any atom is -0.263 e. The molecule has 0 bridgehead atoms. The normalized spacial score (nSPS) is 10.2. The second-order valence-corrected chi connectivity index (χ2v) is 5.76. The van der Waals surface area contributed by atoms with Crippen LogP contribution >= 0.6 is 23.7 Å². The van der Waals surface area contributed by atoms with Crippen molar-refractivity contribution in [2.24, 2.45) is 0 Å². The van der Waals surface area contributed by atoms with Crippen molar-refractivity contribution >= 4 is 23.7 Å². The van der Waals surface area contributed by atoms with E-state index in [0.717, 1.165) is 29.2 Å². The van der Waals surface area contributed by atoms with Crippen molar-refractivity contribution in [2.45, 2.75) is 11.8 Å². The molecule has 0 unspecified atom stereocenters. The second kappa shape index (κ2) is 8.45. The number of nitrogens with one attached hydrogen (secondary N) is 1. The standard InChI is InChI=1S/C14H19NS2/c1-12(2)13(3)11-17-15-9-10-16-14-7-5-4-6-8-14/h4-8,15H,1,3,9-11H2,2H3. The summed E-state index contributed by atoms with van der Waals surface area (Å²) in [4.78, 5) is 1.32. The molecule has 0 aliphatic heterocycles. The summed E-state index contributed by atoms with van der Waals surface area (Å²) >= 11 is 3.57. The molecule has 1 aromatic carbocycles. The molecule has 0 saturated carbocycles. The highest BCUT2D eigenvalue weighted by atomic mass is 32.2. The predicted molar refractivity (Wildman–Crippen MR) is 81.6 cm³/mol. The van der Waals surface area contributed by atoms with Crippen molar-refractivity contribution < 1.29 is 0 Å². The van der Waals surface area contributed by atoms with Gasteiger partial charge in [0.1, 0.15) is 0 Å². The quantitative estimate of drug-likeness (QED) is 0.328. The van der Waals surface area contributed by atoms with Gasteiger partial charge in [-0.15, -0.1) is 11.8 Å². The third-order valence-corrected chi connectivity index (χ3v) is 4.08. The molecule has 0 radical (unpaired) electrons. The van der Waals surface area contributed by atoms with Crippen LogP contribution in [0.1, 0.15) is 6.92 Å².